The Kier molecular flexibility index (Phi) is 5.78. The molecule has 0 fully saturated rings. The van der Waals surface area contributed by atoms with E-state index in [1.165, 1.54) is 5.56 Å². The first kappa shape index (κ1) is 12.9. The topological polar surface area (TPSA) is 52.3 Å². The molecule has 1 rings (SSSR count). The van der Waals surface area contributed by atoms with Gasteiger partial charge in [0.05, 0.1) is 7.11 Å². The van der Waals surface area contributed by atoms with Crippen LogP contribution in [-0.2, 0) is 10.5 Å². The summed E-state index contributed by atoms with van der Waals surface area (Å²) in [5, 5.41) is 0. The molecular weight excluding hydrogens is 222 g/mol. The number of hydrogen-bond acceptors (Lipinski definition) is 3. The van der Waals surface area contributed by atoms with Crippen molar-refractivity contribution in [1.82, 2.24) is 0 Å². The minimum Gasteiger partial charge on any atom is -0.497 e. The molecule has 1 aromatic rings. The maximum Gasteiger partial charge on any atom is 0.217 e. The standard InChI is InChI=1S/C12H17NO2S/c1-15-11-6-4-10(5-7-11)9-16-8-2-3-12(13)14/h4-7H,2-3,8-9H2,1H3,(H2,13,14). The SMILES string of the molecule is COc1ccc(CSCCCC(N)=O)cc1. The van der Waals surface area contributed by atoms with E-state index in [0.717, 1.165) is 23.7 Å². The van der Waals surface area contributed by atoms with Crippen molar-refractivity contribution in [3.63, 3.8) is 0 Å². The number of ether oxygens (including phenoxy) is 1. The molecule has 0 aliphatic rings. The van der Waals surface area contributed by atoms with E-state index in [-0.39, 0.29) is 5.91 Å². The van der Waals surface area contributed by atoms with Crippen molar-refractivity contribution in [1.29, 1.82) is 0 Å². The Hall–Kier alpha value is -1.16. The third-order valence-corrected chi connectivity index (χ3v) is 3.25. The fourth-order valence-electron chi connectivity index (χ4n) is 1.26. The minimum atomic E-state index is -0.218. The second-order valence-electron chi connectivity index (χ2n) is 3.47. The van der Waals surface area contributed by atoms with Gasteiger partial charge in [-0.2, -0.15) is 11.8 Å². The molecule has 0 heterocycles. The molecule has 4 heteroatoms. The zero-order chi connectivity index (χ0) is 11.8. The van der Waals surface area contributed by atoms with Crippen LogP contribution in [0.5, 0.6) is 5.75 Å². The van der Waals surface area contributed by atoms with E-state index in [0.29, 0.717) is 6.42 Å². The maximum atomic E-state index is 10.5. The highest BCUT2D eigenvalue weighted by Gasteiger charge is 1.97. The third kappa shape index (κ3) is 5.07. The van der Waals surface area contributed by atoms with Gasteiger partial charge < -0.3 is 10.5 Å². The van der Waals surface area contributed by atoms with Crippen LogP contribution in [0.25, 0.3) is 0 Å². The molecule has 0 unspecified atom stereocenters. The van der Waals surface area contributed by atoms with Gasteiger partial charge in [0.15, 0.2) is 0 Å². The lowest BCUT2D eigenvalue weighted by Gasteiger charge is -2.03. The predicted molar refractivity (Wildman–Crippen MR) is 67.6 cm³/mol. The zero-order valence-electron chi connectivity index (χ0n) is 9.44. The fourth-order valence-corrected chi connectivity index (χ4v) is 2.18. The van der Waals surface area contributed by atoms with E-state index in [2.05, 4.69) is 12.1 Å². The van der Waals surface area contributed by atoms with Crippen LogP contribution in [0.15, 0.2) is 24.3 Å². The first-order chi connectivity index (χ1) is 7.72. The third-order valence-electron chi connectivity index (χ3n) is 2.14. The van der Waals surface area contributed by atoms with Crippen LogP contribution in [0.4, 0.5) is 0 Å². The zero-order valence-corrected chi connectivity index (χ0v) is 10.3. The van der Waals surface area contributed by atoms with E-state index in [1.807, 2.05) is 23.9 Å². The summed E-state index contributed by atoms with van der Waals surface area (Å²) in [6.07, 6.45) is 1.34. The number of hydrogen-bond donors (Lipinski definition) is 1. The number of rotatable bonds is 7. The number of amides is 1. The van der Waals surface area contributed by atoms with Crippen molar-refractivity contribution >= 4 is 17.7 Å². The van der Waals surface area contributed by atoms with Gasteiger partial charge >= 0.3 is 0 Å². The van der Waals surface area contributed by atoms with Crippen LogP contribution in [0, 0.1) is 0 Å². The quantitative estimate of drug-likeness (QED) is 0.742. The van der Waals surface area contributed by atoms with Crippen molar-refractivity contribution < 1.29 is 9.53 Å². The molecule has 0 aliphatic heterocycles. The maximum absolute atomic E-state index is 10.5. The molecule has 1 amide bonds. The molecule has 1 aromatic carbocycles. The van der Waals surface area contributed by atoms with Crippen molar-refractivity contribution in [2.75, 3.05) is 12.9 Å². The fraction of sp³-hybridized carbons (Fsp3) is 0.417. The molecule has 2 N–H and O–H groups in total. The van der Waals surface area contributed by atoms with E-state index in [1.54, 1.807) is 7.11 Å². The van der Waals surface area contributed by atoms with Crippen molar-refractivity contribution in [3.05, 3.63) is 29.8 Å². The van der Waals surface area contributed by atoms with Gasteiger partial charge in [0.1, 0.15) is 5.75 Å². The minimum absolute atomic E-state index is 0.218. The Bertz CT molecular complexity index is 324. The number of primary amides is 1. The Balaban J connectivity index is 2.19. The highest BCUT2D eigenvalue weighted by Crippen LogP contribution is 2.17. The first-order valence-corrected chi connectivity index (χ1v) is 6.37. The molecule has 0 aliphatic carbocycles. The molecule has 16 heavy (non-hydrogen) atoms. The number of thioether (sulfide) groups is 1. The van der Waals surface area contributed by atoms with Gasteiger partial charge in [0, 0.05) is 12.2 Å². The lowest BCUT2D eigenvalue weighted by atomic mass is 10.2. The van der Waals surface area contributed by atoms with Gasteiger partial charge in [0.25, 0.3) is 0 Å². The van der Waals surface area contributed by atoms with Gasteiger partial charge in [0.2, 0.25) is 5.91 Å². The van der Waals surface area contributed by atoms with Crippen LogP contribution in [-0.4, -0.2) is 18.8 Å². The number of nitrogens with two attached hydrogens (primary N) is 1. The molecular formula is C12H17NO2S. The summed E-state index contributed by atoms with van der Waals surface area (Å²) in [7, 11) is 1.66. The van der Waals surface area contributed by atoms with Crippen LogP contribution in [0.2, 0.25) is 0 Å². The molecule has 88 valence electrons. The number of benzene rings is 1. The van der Waals surface area contributed by atoms with Gasteiger partial charge in [-0.3, -0.25) is 4.79 Å². The summed E-state index contributed by atoms with van der Waals surface area (Å²) in [6, 6.07) is 8.03. The number of carbonyl (C=O) groups is 1. The van der Waals surface area contributed by atoms with Crippen LogP contribution < -0.4 is 10.5 Å². The van der Waals surface area contributed by atoms with Gasteiger partial charge in [-0.25, -0.2) is 0 Å². The predicted octanol–water partition coefficient (Wildman–Crippen LogP) is 2.19. The Morgan fingerprint density at radius 2 is 2.06 bits per heavy atom. The number of methoxy groups -OCH3 is 1. The summed E-state index contributed by atoms with van der Waals surface area (Å²) < 4.78 is 5.08. The molecule has 0 spiro atoms. The summed E-state index contributed by atoms with van der Waals surface area (Å²) in [5.41, 5.74) is 6.32. The average Bonchev–Trinajstić information content (AvgIpc) is 2.29. The highest BCUT2D eigenvalue weighted by atomic mass is 32.2. The summed E-state index contributed by atoms with van der Waals surface area (Å²) in [5.74, 6) is 2.59. The molecule has 0 radical (unpaired) electrons. The summed E-state index contributed by atoms with van der Waals surface area (Å²) >= 11 is 1.81. The van der Waals surface area contributed by atoms with Gasteiger partial charge in [-0.15, -0.1) is 0 Å². The lowest BCUT2D eigenvalue weighted by molar-refractivity contribution is -0.118. The van der Waals surface area contributed by atoms with Crippen LogP contribution in [0.1, 0.15) is 18.4 Å². The molecule has 0 saturated heterocycles. The van der Waals surface area contributed by atoms with Gasteiger partial charge in [-0.05, 0) is 29.9 Å². The van der Waals surface area contributed by atoms with Crippen molar-refractivity contribution in [2.24, 2.45) is 5.73 Å². The second-order valence-corrected chi connectivity index (χ2v) is 4.58. The second kappa shape index (κ2) is 7.17. The monoisotopic (exact) mass is 239 g/mol. The van der Waals surface area contributed by atoms with Crippen LogP contribution >= 0.6 is 11.8 Å². The number of carbonyl (C=O) groups excluding carboxylic acids is 1. The van der Waals surface area contributed by atoms with E-state index >= 15 is 0 Å². The summed E-state index contributed by atoms with van der Waals surface area (Å²) in [4.78, 5) is 10.5. The summed E-state index contributed by atoms with van der Waals surface area (Å²) in [6.45, 7) is 0. The van der Waals surface area contributed by atoms with Crippen molar-refractivity contribution in [2.45, 2.75) is 18.6 Å². The highest BCUT2D eigenvalue weighted by molar-refractivity contribution is 7.98. The molecule has 0 saturated carbocycles. The Morgan fingerprint density at radius 3 is 2.62 bits per heavy atom. The van der Waals surface area contributed by atoms with E-state index in [4.69, 9.17) is 10.5 Å². The Labute approximate surface area is 100 Å². The molecule has 0 aromatic heterocycles. The lowest BCUT2D eigenvalue weighted by Crippen LogP contribution is -2.09. The molecule has 0 atom stereocenters. The molecule has 3 nitrogen and oxygen atoms in total. The van der Waals surface area contributed by atoms with E-state index < -0.39 is 0 Å². The van der Waals surface area contributed by atoms with E-state index in [9.17, 15) is 4.79 Å². The van der Waals surface area contributed by atoms with Crippen molar-refractivity contribution in [3.8, 4) is 5.75 Å². The van der Waals surface area contributed by atoms with Gasteiger partial charge in [-0.1, -0.05) is 12.1 Å². The molecule has 0 bridgehead atoms. The first-order valence-electron chi connectivity index (χ1n) is 5.21. The van der Waals surface area contributed by atoms with Crippen LogP contribution in [0.3, 0.4) is 0 Å². The largest absolute Gasteiger partial charge is 0.497 e. The average molecular weight is 239 g/mol. The Morgan fingerprint density at radius 1 is 1.38 bits per heavy atom. The normalized spacial score (nSPS) is 10.1. The smallest absolute Gasteiger partial charge is 0.217 e.